The average molecular weight is 383 g/mol. The Hall–Kier alpha value is -2.73. The summed E-state index contributed by atoms with van der Waals surface area (Å²) in [5.74, 6) is 1.02. The SMILES string of the molecule is COc1ccc(C(=O)NC[C@@H](c2ccc3c(c2)CCN3C)N(C)C)cc1OC. The van der Waals surface area contributed by atoms with Crippen LogP contribution in [0.5, 0.6) is 11.5 Å². The summed E-state index contributed by atoms with van der Waals surface area (Å²) in [6.07, 6.45) is 1.07. The van der Waals surface area contributed by atoms with Gasteiger partial charge in [-0.15, -0.1) is 0 Å². The maximum Gasteiger partial charge on any atom is 0.251 e. The minimum absolute atomic E-state index is 0.0975. The number of hydrogen-bond donors (Lipinski definition) is 1. The van der Waals surface area contributed by atoms with Gasteiger partial charge in [0.1, 0.15) is 0 Å². The van der Waals surface area contributed by atoms with Crippen molar-refractivity contribution in [1.82, 2.24) is 10.2 Å². The van der Waals surface area contributed by atoms with E-state index in [1.165, 1.54) is 16.8 Å². The minimum atomic E-state index is -0.131. The van der Waals surface area contributed by atoms with Gasteiger partial charge in [-0.25, -0.2) is 0 Å². The molecule has 0 bridgehead atoms. The second-order valence-electron chi connectivity index (χ2n) is 7.32. The molecule has 1 amide bonds. The van der Waals surface area contributed by atoms with Crippen molar-refractivity contribution in [2.45, 2.75) is 12.5 Å². The lowest BCUT2D eigenvalue weighted by Crippen LogP contribution is -2.34. The number of nitrogens with one attached hydrogen (secondary N) is 1. The highest BCUT2D eigenvalue weighted by Gasteiger charge is 2.21. The molecule has 0 unspecified atom stereocenters. The van der Waals surface area contributed by atoms with E-state index in [9.17, 15) is 4.79 Å². The molecule has 1 atom stereocenters. The fraction of sp³-hybridized carbons (Fsp3) is 0.409. The number of benzene rings is 2. The fourth-order valence-corrected chi connectivity index (χ4v) is 3.66. The molecule has 1 aliphatic heterocycles. The number of carbonyl (C=O) groups is 1. The van der Waals surface area contributed by atoms with Crippen LogP contribution in [-0.2, 0) is 6.42 Å². The standard InChI is InChI=1S/C22H29N3O3/c1-24(2)19(15-6-8-18-16(12-15)10-11-25(18)3)14-23-22(26)17-7-9-20(27-4)21(13-17)28-5/h6-9,12-13,19H,10-11,14H2,1-5H3,(H,23,26)/t19-/m0/s1. The van der Waals surface area contributed by atoms with Crippen LogP contribution in [0.2, 0.25) is 0 Å². The first-order chi connectivity index (χ1) is 13.4. The number of rotatable bonds is 7. The Morgan fingerprint density at radius 2 is 1.89 bits per heavy atom. The summed E-state index contributed by atoms with van der Waals surface area (Å²) < 4.78 is 10.5. The number of hydrogen-bond acceptors (Lipinski definition) is 5. The van der Waals surface area contributed by atoms with Gasteiger partial charge in [-0.1, -0.05) is 12.1 Å². The molecule has 0 fully saturated rings. The number of carbonyl (C=O) groups excluding carboxylic acids is 1. The molecule has 0 radical (unpaired) electrons. The van der Waals surface area contributed by atoms with Gasteiger partial charge in [0.05, 0.1) is 20.3 Å². The minimum Gasteiger partial charge on any atom is -0.493 e. The van der Waals surface area contributed by atoms with Crippen molar-refractivity contribution in [1.29, 1.82) is 0 Å². The van der Waals surface area contributed by atoms with Crippen LogP contribution in [0.25, 0.3) is 0 Å². The predicted octanol–water partition coefficient (Wildman–Crippen LogP) is 2.73. The van der Waals surface area contributed by atoms with E-state index in [0.717, 1.165) is 13.0 Å². The number of methoxy groups -OCH3 is 2. The summed E-state index contributed by atoms with van der Waals surface area (Å²) in [5.41, 5.74) is 4.44. The van der Waals surface area contributed by atoms with E-state index in [1.807, 2.05) is 14.1 Å². The Morgan fingerprint density at radius 3 is 2.57 bits per heavy atom. The van der Waals surface area contributed by atoms with Gasteiger partial charge in [0.25, 0.3) is 5.91 Å². The first-order valence-corrected chi connectivity index (χ1v) is 9.45. The van der Waals surface area contributed by atoms with Crippen molar-refractivity contribution >= 4 is 11.6 Å². The van der Waals surface area contributed by atoms with Crippen LogP contribution in [0.15, 0.2) is 36.4 Å². The summed E-state index contributed by atoms with van der Waals surface area (Å²) in [5, 5.41) is 3.06. The third kappa shape index (κ3) is 4.07. The molecule has 1 heterocycles. The molecular formula is C22H29N3O3. The van der Waals surface area contributed by atoms with Crippen molar-refractivity contribution in [3.8, 4) is 11.5 Å². The van der Waals surface area contributed by atoms with Gasteiger partial charge in [0.2, 0.25) is 0 Å². The van der Waals surface area contributed by atoms with E-state index in [0.29, 0.717) is 23.6 Å². The fourth-order valence-electron chi connectivity index (χ4n) is 3.66. The Morgan fingerprint density at radius 1 is 1.14 bits per heavy atom. The van der Waals surface area contributed by atoms with Gasteiger partial charge in [-0.2, -0.15) is 0 Å². The molecule has 2 aromatic rings. The van der Waals surface area contributed by atoms with Gasteiger partial charge < -0.3 is 24.6 Å². The molecule has 0 spiro atoms. The van der Waals surface area contributed by atoms with Crippen molar-refractivity contribution in [2.75, 3.05) is 53.4 Å². The zero-order valence-electron chi connectivity index (χ0n) is 17.3. The van der Waals surface area contributed by atoms with Crippen LogP contribution in [0.1, 0.15) is 27.5 Å². The van der Waals surface area contributed by atoms with Crippen LogP contribution in [0.3, 0.4) is 0 Å². The number of nitrogens with zero attached hydrogens (tertiary/aromatic N) is 2. The first kappa shape index (κ1) is 20.0. The van der Waals surface area contributed by atoms with E-state index in [-0.39, 0.29) is 11.9 Å². The largest absolute Gasteiger partial charge is 0.493 e. The second kappa shape index (κ2) is 8.52. The summed E-state index contributed by atoms with van der Waals surface area (Å²) in [7, 11) is 9.33. The van der Waals surface area contributed by atoms with Crippen LogP contribution < -0.4 is 19.7 Å². The molecule has 0 saturated heterocycles. The zero-order valence-corrected chi connectivity index (χ0v) is 17.3. The van der Waals surface area contributed by atoms with Crippen molar-refractivity contribution < 1.29 is 14.3 Å². The molecular weight excluding hydrogens is 354 g/mol. The van der Waals surface area contributed by atoms with E-state index < -0.39 is 0 Å². The number of likely N-dealkylation sites (N-methyl/N-ethyl adjacent to an activating group) is 2. The Labute approximate surface area is 167 Å². The Balaban J connectivity index is 1.73. The van der Waals surface area contributed by atoms with E-state index in [4.69, 9.17) is 9.47 Å². The Bertz CT molecular complexity index is 851. The smallest absolute Gasteiger partial charge is 0.251 e. The summed E-state index contributed by atoms with van der Waals surface area (Å²) >= 11 is 0. The van der Waals surface area contributed by atoms with Crippen LogP contribution in [0.4, 0.5) is 5.69 Å². The highest BCUT2D eigenvalue weighted by molar-refractivity contribution is 5.94. The maximum atomic E-state index is 12.7. The molecule has 1 N–H and O–H groups in total. The van der Waals surface area contributed by atoms with E-state index >= 15 is 0 Å². The molecule has 150 valence electrons. The van der Waals surface area contributed by atoms with Crippen LogP contribution >= 0.6 is 0 Å². The van der Waals surface area contributed by atoms with Gasteiger partial charge in [0.15, 0.2) is 11.5 Å². The summed E-state index contributed by atoms with van der Waals surface area (Å²) in [4.78, 5) is 17.1. The zero-order chi connectivity index (χ0) is 20.3. The normalized spacial score (nSPS) is 14.0. The topological polar surface area (TPSA) is 54.0 Å². The lowest BCUT2D eigenvalue weighted by atomic mass is 10.0. The molecule has 28 heavy (non-hydrogen) atoms. The third-order valence-corrected chi connectivity index (χ3v) is 5.34. The molecule has 6 heteroatoms. The number of anilines is 1. The van der Waals surface area contributed by atoms with Crippen molar-refractivity contribution in [3.05, 3.63) is 53.1 Å². The van der Waals surface area contributed by atoms with Gasteiger partial charge in [0, 0.05) is 31.4 Å². The number of ether oxygens (including phenoxy) is 2. The lowest BCUT2D eigenvalue weighted by Gasteiger charge is -2.26. The molecule has 3 rings (SSSR count). The molecule has 0 saturated carbocycles. The maximum absolute atomic E-state index is 12.7. The van der Waals surface area contributed by atoms with Gasteiger partial charge in [-0.05, 0) is 55.9 Å². The number of fused-ring (bicyclic) bond motifs is 1. The van der Waals surface area contributed by atoms with Crippen molar-refractivity contribution in [2.24, 2.45) is 0 Å². The molecule has 0 aliphatic carbocycles. The molecule has 1 aliphatic rings. The Kier molecular flexibility index (Phi) is 6.09. The number of amides is 1. The van der Waals surface area contributed by atoms with Crippen LogP contribution in [-0.4, -0.2) is 59.3 Å². The lowest BCUT2D eigenvalue weighted by molar-refractivity contribution is 0.0941. The highest BCUT2D eigenvalue weighted by Crippen LogP contribution is 2.31. The first-order valence-electron chi connectivity index (χ1n) is 9.45. The predicted molar refractivity (Wildman–Crippen MR) is 112 cm³/mol. The molecule has 6 nitrogen and oxygen atoms in total. The van der Waals surface area contributed by atoms with Gasteiger partial charge >= 0.3 is 0 Å². The highest BCUT2D eigenvalue weighted by atomic mass is 16.5. The monoisotopic (exact) mass is 383 g/mol. The van der Waals surface area contributed by atoms with E-state index in [2.05, 4.69) is 40.4 Å². The van der Waals surface area contributed by atoms with Crippen molar-refractivity contribution in [3.63, 3.8) is 0 Å². The average Bonchev–Trinajstić information content (AvgIpc) is 3.07. The van der Waals surface area contributed by atoms with E-state index in [1.54, 1.807) is 32.4 Å². The molecule has 0 aromatic heterocycles. The quantitative estimate of drug-likeness (QED) is 0.797. The summed E-state index contributed by atoms with van der Waals surface area (Å²) in [6, 6.07) is 11.9. The van der Waals surface area contributed by atoms with Crippen LogP contribution in [0, 0.1) is 0 Å². The molecule has 2 aromatic carbocycles. The second-order valence-corrected chi connectivity index (χ2v) is 7.32. The summed E-state index contributed by atoms with van der Waals surface area (Å²) in [6.45, 7) is 1.58. The van der Waals surface area contributed by atoms with Gasteiger partial charge in [-0.3, -0.25) is 4.79 Å². The third-order valence-electron chi connectivity index (χ3n) is 5.34.